The Hall–Kier alpha value is -1.45. The van der Waals surface area contributed by atoms with E-state index in [-0.39, 0.29) is 5.91 Å². The van der Waals surface area contributed by atoms with Crippen molar-refractivity contribution >= 4 is 27.5 Å². The first-order chi connectivity index (χ1) is 8.68. The van der Waals surface area contributed by atoms with Crippen LogP contribution < -0.4 is 5.32 Å². The average Bonchev–Trinajstić information content (AvgIpc) is 2.42. The molecule has 1 aromatic rings. The Morgan fingerprint density at radius 1 is 1.56 bits per heavy atom. The number of anilines is 1. The third-order valence-corrected chi connectivity index (χ3v) is 3.65. The number of rotatable bonds is 2. The highest BCUT2D eigenvalue weighted by atomic mass is 79.9. The molecule has 94 valence electrons. The van der Waals surface area contributed by atoms with Crippen molar-refractivity contribution in [2.45, 2.75) is 12.8 Å². The first kappa shape index (κ1) is 13.0. The Bertz CT molecular complexity index is 492. The van der Waals surface area contributed by atoms with E-state index in [9.17, 15) is 10.1 Å². The lowest BCUT2D eigenvalue weighted by Gasteiger charge is -2.29. The van der Waals surface area contributed by atoms with Gasteiger partial charge in [0.05, 0.1) is 16.2 Å². The summed E-state index contributed by atoms with van der Waals surface area (Å²) in [6.45, 7) is 0.886. The second-order valence-corrected chi connectivity index (χ2v) is 4.97. The maximum absolute atomic E-state index is 12.2. The molecule has 1 aliphatic heterocycles. The Morgan fingerprint density at radius 3 is 2.89 bits per heavy atom. The summed E-state index contributed by atoms with van der Waals surface area (Å²) >= 11 is 3.30. The second-order valence-electron chi connectivity index (χ2n) is 4.12. The summed E-state index contributed by atoms with van der Waals surface area (Å²) in [5, 5.41) is 12.0. The predicted molar refractivity (Wildman–Crippen MR) is 68.7 cm³/mol. The number of halogens is 1. The largest absolute Gasteiger partial charge is 0.381 e. The summed E-state index contributed by atoms with van der Waals surface area (Å²) in [6.07, 6.45) is 4.04. The number of pyridine rings is 1. The normalized spacial score (nSPS) is 17.8. The molecule has 1 N–H and O–H groups in total. The van der Waals surface area contributed by atoms with Gasteiger partial charge in [0.2, 0.25) is 5.91 Å². The summed E-state index contributed by atoms with van der Waals surface area (Å²) in [6, 6.07) is 3.82. The van der Waals surface area contributed by atoms with E-state index in [0.717, 1.165) is 0 Å². The smallest absolute Gasteiger partial charge is 0.245 e. The molecule has 0 spiro atoms. The standard InChI is InChI=1S/C12H12BrN3O2/c13-9-7-15-4-1-10(9)16-11(17)12(8-14)2-5-18-6-3-12/h1,4,7H,2-3,5-6H2,(H,15,16,17). The summed E-state index contributed by atoms with van der Waals surface area (Å²) in [5.74, 6) is -0.278. The molecule has 1 fully saturated rings. The van der Waals surface area contributed by atoms with Crippen molar-refractivity contribution in [2.24, 2.45) is 5.41 Å². The Kier molecular flexibility index (Phi) is 3.94. The van der Waals surface area contributed by atoms with Crippen LogP contribution in [0, 0.1) is 16.7 Å². The number of carbonyl (C=O) groups is 1. The van der Waals surface area contributed by atoms with Gasteiger partial charge in [-0.15, -0.1) is 0 Å². The zero-order valence-electron chi connectivity index (χ0n) is 9.65. The highest BCUT2D eigenvalue weighted by Gasteiger charge is 2.40. The van der Waals surface area contributed by atoms with Crippen LogP contribution in [-0.2, 0) is 9.53 Å². The zero-order chi connectivity index (χ0) is 13.0. The molecule has 5 nitrogen and oxygen atoms in total. The summed E-state index contributed by atoms with van der Waals surface area (Å²) in [4.78, 5) is 16.2. The third kappa shape index (κ3) is 2.52. The van der Waals surface area contributed by atoms with Gasteiger partial charge < -0.3 is 10.1 Å². The number of ether oxygens (including phenoxy) is 1. The molecule has 2 heterocycles. The Morgan fingerprint density at radius 2 is 2.28 bits per heavy atom. The highest BCUT2D eigenvalue weighted by molar-refractivity contribution is 9.10. The first-order valence-corrected chi connectivity index (χ1v) is 6.37. The van der Waals surface area contributed by atoms with Gasteiger partial charge in [0.25, 0.3) is 0 Å². The van der Waals surface area contributed by atoms with Crippen LogP contribution in [0.15, 0.2) is 22.9 Å². The van der Waals surface area contributed by atoms with Crippen LogP contribution in [0.3, 0.4) is 0 Å². The van der Waals surface area contributed by atoms with Crippen molar-refractivity contribution in [3.8, 4) is 6.07 Å². The number of nitrogens with zero attached hydrogens (tertiary/aromatic N) is 2. The molecule has 0 unspecified atom stereocenters. The van der Waals surface area contributed by atoms with Crippen LogP contribution in [-0.4, -0.2) is 24.1 Å². The van der Waals surface area contributed by atoms with Gasteiger partial charge in [-0.25, -0.2) is 0 Å². The van der Waals surface area contributed by atoms with Gasteiger partial charge >= 0.3 is 0 Å². The van der Waals surface area contributed by atoms with Crippen molar-refractivity contribution in [1.82, 2.24) is 4.98 Å². The zero-order valence-corrected chi connectivity index (χ0v) is 11.2. The van der Waals surface area contributed by atoms with Gasteiger partial charge in [0.1, 0.15) is 5.41 Å². The fourth-order valence-electron chi connectivity index (χ4n) is 1.83. The molecule has 1 saturated heterocycles. The lowest BCUT2D eigenvalue weighted by molar-refractivity contribution is -0.126. The number of carbonyl (C=O) groups excluding carboxylic acids is 1. The predicted octanol–water partition coefficient (Wildman–Crippen LogP) is 2.10. The first-order valence-electron chi connectivity index (χ1n) is 5.58. The van der Waals surface area contributed by atoms with Crippen molar-refractivity contribution in [3.05, 3.63) is 22.9 Å². The number of aromatic nitrogens is 1. The SMILES string of the molecule is N#CC1(C(=O)Nc2ccncc2Br)CCOCC1. The molecule has 0 aliphatic carbocycles. The number of hydrogen-bond donors (Lipinski definition) is 1. The van der Waals surface area contributed by atoms with E-state index in [1.165, 1.54) is 0 Å². The van der Waals surface area contributed by atoms with E-state index < -0.39 is 5.41 Å². The maximum Gasteiger partial charge on any atom is 0.245 e. The summed E-state index contributed by atoms with van der Waals surface area (Å²) in [5.41, 5.74) is -0.364. The molecule has 0 radical (unpaired) electrons. The molecule has 1 aromatic heterocycles. The quantitative estimate of drug-likeness (QED) is 0.908. The van der Waals surface area contributed by atoms with E-state index in [4.69, 9.17) is 4.74 Å². The minimum Gasteiger partial charge on any atom is -0.381 e. The van der Waals surface area contributed by atoms with E-state index >= 15 is 0 Å². The second kappa shape index (κ2) is 5.46. The van der Waals surface area contributed by atoms with Crippen LogP contribution in [0.1, 0.15) is 12.8 Å². The lowest BCUT2D eigenvalue weighted by Crippen LogP contribution is -2.40. The number of amides is 1. The van der Waals surface area contributed by atoms with E-state index in [0.29, 0.717) is 36.2 Å². The van der Waals surface area contributed by atoms with Crippen molar-refractivity contribution in [2.75, 3.05) is 18.5 Å². The van der Waals surface area contributed by atoms with Crippen LogP contribution in [0.4, 0.5) is 5.69 Å². The van der Waals surface area contributed by atoms with Crippen molar-refractivity contribution in [1.29, 1.82) is 5.26 Å². The van der Waals surface area contributed by atoms with Gasteiger partial charge in [-0.3, -0.25) is 9.78 Å². The molecule has 0 bridgehead atoms. The van der Waals surface area contributed by atoms with E-state index in [1.54, 1.807) is 18.5 Å². The minimum absolute atomic E-state index is 0.278. The third-order valence-electron chi connectivity index (χ3n) is 3.02. The molecule has 1 aliphatic rings. The Balaban J connectivity index is 2.16. The summed E-state index contributed by atoms with van der Waals surface area (Å²) in [7, 11) is 0. The van der Waals surface area contributed by atoms with Crippen LogP contribution >= 0.6 is 15.9 Å². The van der Waals surface area contributed by atoms with E-state index in [2.05, 4.69) is 32.3 Å². The van der Waals surface area contributed by atoms with E-state index in [1.807, 2.05) is 0 Å². The molecule has 2 rings (SSSR count). The monoisotopic (exact) mass is 309 g/mol. The molecule has 0 aromatic carbocycles. The lowest BCUT2D eigenvalue weighted by atomic mass is 9.81. The topological polar surface area (TPSA) is 75.0 Å². The fraction of sp³-hybridized carbons (Fsp3) is 0.417. The van der Waals surface area contributed by atoms with Crippen LogP contribution in [0.2, 0.25) is 0 Å². The van der Waals surface area contributed by atoms with Gasteiger partial charge in [-0.05, 0) is 34.8 Å². The minimum atomic E-state index is -0.985. The van der Waals surface area contributed by atoms with Gasteiger partial charge in [-0.2, -0.15) is 5.26 Å². The Labute approximate surface area is 113 Å². The van der Waals surface area contributed by atoms with Crippen molar-refractivity contribution < 1.29 is 9.53 Å². The molecule has 0 atom stereocenters. The highest BCUT2D eigenvalue weighted by Crippen LogP contribution is 2.32. The molecule has 18 heavy (non-hydrogen) atoms. The fourth-order valence-corrected chi connectivity index (χ4v) is 2.18. The van der Waals surface area contributed by atoms with Gasteiger partial charge in [0, 0.05) is 25.6 Å². The molecule has 1 amide bonds. The number of nitriles is 1. The molecular formula is C12H12BrN3O2. The molecule has 0 saturated carbocycles. The number of nitrogens with one attached hydrogen (secondary N) is 1. The number of hydrogen-bond acceptors (Lipinski definition) is 4. The van der Waals surface area contributed by atoms with Gasteiger partial charge in [-0.1, -0.05) is 0 Å². The summed E-state index contributed by atoms with van der Waals surface area (Å²) < 4.78 is 5.89. The average molecular weight is 310 g/mol. The molecular weight excluding hydrogens is 298 g/mol. The van der Waals surface area contributed by atoms with Crippen molar-refractivity contribution in [3.63, 3.8) is 0 Å². The maximum atomic E-state index is 12.2. The van der Waals surface area contributed by atoms with Gasteiger partial charge in [0.15, 0.2) is 0 Å². The van der Waals surface area contributed by atoms with Crippen LogP contribution in [0.5, 0.6) is 0 Å². The van der Waals surface area contributed by atoms with Crippen LogP contribution in [0.25, 0.3) is 0 Å². The molecule has 6 heteroatoms.